The number of carbonyl (C=O) groups excluding carboxylic acids is 1. The lowest BCUT2D eigenvalue weighted by Crippen LogP contribution is -2.45. The van der Waals surface area contributed by atoms with Crippen LogP contribution in [0.4, 0.5) is 0 Å². The van der Waals surface area contributed by atoms with Crippen LogP contribution >= 0.6 is 0 Å². The molecular weight excluding hydrogens is 182 g/mol. The van der Waals surface area contributed by atoms with Gasteiger partial charge in [0.25, 0.3) is 0 Å². The van der Waals surface area contributed by atoms with E-state index in [2.05, 4.69) is 6.92 Å². The fourth-order valence-electron chi connectivity index (χ4n) is 1.83. The summed E-state index contributed by atoms with van der Waals surface area (Å²) in [6, 6.07) is -0.178. The monoisotopic (exact) mass is 199 g/mol. The Kier molecular flexibility index (Phi) is 3.49. The van der Waals surface area contributed by atoms with Crippen LogP contribution in [0.3, 0.4) is 0 Å². The fraction of sp³-hybridized carbons (Fsp3) is 0.800. The number of amides is 1. The largest absolute Gasteiger partial charge is 0.481 e. The third kappa shape index (κ3) is 2.72. The van der Waals surface area contributed by atoms with E-state index in [1.165, 1.54) is 0 Å². The van der Waals surface area contributed by atoms with E-state index >= 15 is 0 Å². The first kappa shape index (κ1) is 11.0. The van der Waals surface area contributed by atoms with Crippen molar-refractivity contribution >= 4 is 11.9 Å². The van der Waals surface area contributed by atoms with Gasteiger partial charge in [0, 0.05) is 19.0 Å². The number of carboxylic acids is 1. The van der Waals surface area contributed by atoms with Gasteiger partial charge in [0.15, 0.2) is 0 Å². The quantitative estimate of drug-likeness (QED) is 0.740. The summed E-state index contributed by atoms with van der Waals surface area (Å²) in [6.45, 7) is 4.59. The number of aliphatic carboxylic acids is 1. The lowest BCUT2D eigenvalue weighted by Gasteiger charge is -2.35. The predicted molar refractivity (Wildman–Crippen MR) is 51.8 cm³/mol. The summed E-state index contributed by atoms with van der Waals surface area (Å²) >= 11 is 0. The van der Waals surface area contributed by atoms with Crippen molar-refractivity contribution in [2.75, 3.05) is 6.54 Å². The van der Waals surface area contributed by atoms with Crippen molar-refractivity contribution in [1.29, 1.82) is 0 Å². The predicted octanol–water partition coefficient (Wildman–Crippen LogP) is 1.11. The van der Waals surface area contributed by atoms with Gasteiger partial charge in [0.1, 0.15) is 0 Å². The molecule has 2 atom stereocenters. The van der Waals surface area contributed by atoms with E-state index in [0.29, 0.717) is 18.9 Å². The summed E-state index contributed by atoms with van der Waals surface area (Å²) in [5, 5.41) is 8.63. The van der Waals surface area contributed by atoms with Gasteiger partial charge < -0.3 is 10.0 Å². The van der Waals surface area contributed by atoms with E-state index in [0.717, 1.165) is 6.42 Å². The molecular formula is C10H17NO3. The van der Waals surface area contributed by atoms with Crippen LogP contribution in [0.5, 0.6) is 0 Å². The summed E-state index contributed by atoms with van der Waals surface area (Å²) in [6.07, 6.45) is 1.53. The second kappa shape index (κ2) is 4.44. The molecule has 1 aliphatic heterocycles. The van der Waals surface area contributed by atoms with Crippen molar-refractivity contribution in [2.24, 2.45) is 5.92 Å². The van der Waals surface area contributed by atoms with Gasteiger partial charge in [-0.15, -0.1) is 0 Å². The van der Waals surface area contributed by atoms with Crippen molar-refractivity contribution in [1.82, 2.24) is 4.90 Å². The lowest BCUT2D eigenvalue weighted by atomic mass is 9.98. The van der Waals surface area contributed by atoms with Gasteiger partial charge in [0.05, 0.1) is 6.42 Å². The van der Waals surface area contributed by atoms with E-state index in [4.69, 9.17) is 5.11 Å². The highest BCUT2D eigenvalue weighted by molar-refractivity contribution is 5.78. The molecule has 1 saturated heterocycles. The molecule has 0 aromatic rings. The topological polar surface area (TPSA) is 57.6 Å². The zero-order valence-corrected chi connectivity index (χ0v) is 8.69. The molecule has 0 aliphatic carbocycles. The summed E-state index contributed by atoms with van der Waals surface area (Å²) in [7, 11) is 0. The average molecular weight is 199 g/mol. The smallest absolute Gasteiger partial charge is 0.305 e. The van der Waals surface area contributed by atoms with Crippen molar-refractivity contribution < 1.29 is 14.7 Å². The number of hydrogen-bond donors (Lipinski definition) is 1. The molecule has 4 heteroatoms. The first-order valence-electron chi connectivity index (χ1n) is 5.02. The van der Waals surface area contributed by atoms with Crippen molar-refractivity contribution in [2.45, 2.75) is 39.2 Å². The van der Waals surface area contributed by atoms with Gasteiger partial charge in [-0.1, -0.05) is 6.92 Å². The molecule has 1 N–H and O–H groups in total. The van der Waals surface area contributed by atoms with E-state index < -0.39 is 5.97 Å². The number of hydrogen-bond acceptors (Lipinski definition) is 2. The minimum Gasteiger partial charge on any atom is -0.481 e. The second-order valence-electron chi connectivity index (χ2n) is 4.14. The molecule has 4 nitrogen and oxygen atoms in total. The van der Waals surface area contributed by atoms with Crippen molar-refractivity contribution in [3.05, 3.63) is 0 Å². The molecule has 0 aromatic carbocycles. The Labute approximate surface area is 83.9 Å². The number of nitrogens with zero attached hydrogens (tertiary/aromatic N) is 1. The van der Waals surface area contributed by atoms with Gasteiger partial charge in [0.2, 0.25) is 5.91 Å². The third-order valence-corrected chi connectivity index (χ3v) is 2.68. The van der Waals surface area contributed by atoms with E-state index in [9.17, 15) is 9.59 Å². The van der Waals surface area contributed by atoms with Crippen LogP contribution in [0.1, 0.15) is 33.1 Å². The van der Waals surface area contributed by atoms with Crippen LogP contribution in [-0.2, 0) is 9.59 Å². The zero-order valence-electron chi connectivity index (χ0n) is 8.69. The average Bonchev–Trinajstić information content (AvgIpc) is 2.08. The molecule has 1 fully saturated rings. The molecule has 0 aromatic heterocycles. The molecule has 1 rings (SSSR count). The van der Waals surface area contributed by atoms with Crippen LogP contribution in [0.2, 0.25) is 0 Å². The van der Waals surface area contributed by atoms with E-state index in [1.54, 1.807) is 11.8 Å². The van der Waals surface area contributed by atoms with Crippen LogP contribution < -0.4 is 0 Å². The number of likely N-dealkylation sites (tertiary alicyclic amines) is 1. The molecule has 1 heterocycles. The molecule has 80 valence electrons. The maximum Gasteiger partial charge on any atom is 0.305 e. The number of carboxylic acid groups (broad SMARTS) is 1. The summed E-state index contributed by atoms with van der Waals surface area (Å²) in [5.74, 6) is -0.260. The Hall–Kier alpha value is -1.06. The molecule has 0 bridgehead atoms. The highest BCUT2D eigenvalue weighted by Crippen LogP contribution is 2.19. The molecule has 1 amide bonds. The standard InChI is InChI=1S/C10H17NO3/c1-7-3-4-9(12)11(6-7)8(2)5-10(13)14/h7-8H,3-6H2,1-2H3,(H,13,14). The van der Waals surface area contributed by atoms with Crippen LogP contribution in [0.25, 0.3) is 0 Å². The van der Waals surface area contributed by atoms with Crippen molar-refractivity contribution in [3.63, 3.8) is 0 Å². The molecule has 1 aliphatic rings. The van der Waals surface area contributed by atoms with Crippen LogP contribution in [0.15, 0.2) is 0 Å². The molecule has 0 saturated carbocycles. The van der Waals surface area contributed by atoms with Gasteiger partial charge in [-0.25, -0.2) is 0 Å². The Balaban J connectivity index is 2.55. The number of carbonyl (C=O) groups is 2. The third-order valence-electron chi connectivity index (χ3n) is 2.68. The number of piperidine rings is 1. The minimum atomic E-state index is -0.844. The summed E-state index contributed by atoms with van der Waals surface area (Å²) in [5.41, 5.74) is 0. The summed E-state index contributed by atoms with van der Waals surface area (Å²) < 4.78 is 0. The van der Waals surface area contributed by atoms with E-state index in [1.807, 2.05) is 0 Å². The maximum atomic E-state index is 11.5. The van der Waals surface area contributed by atoms with Crippen LogP contribution in [0, 0.1) is 5.92 Å². The molecule has 0 spiro atoms. The van der Waals surface area contributed by atoms with Gasteiger partial charge in [-0.05, 0) is 19.3 Å². The van der Waals surface area contributed by atoms with Crippen molar-refractivity contribution in [3.8, 4) is 0 Å². The lowest BCUT2D eigenvalue weighted by molar-refractivity contribution is -0.142. The maximum absolute atomic E-state index is 11.5. The summed E-state index contributed by atoms with van der Waals surface area (Å²) in [4.78, 5) is 23.7. The highest BCUT2D eigenvalue weighted by Gasteiger charge is 2.27. The first-order valence-corrected chi connectivity index (χ1v) is 5.02. The first-order chi connectivity index (χ1) is 6.50. The molecule has 2 unspecified atom stereocenters. The Morgan fingerprint density at radius 3 is 2.93 bits per heavy atom. The molecule has 0 radical (unpaired) electrons. The Morgan fingerprint density at radius 1 is 1.71 bits per heavy atom. The Morgan fingerprint density at radius 2 is 2.36 bits per heavy atom. The second-order valence-corrected chi connectivity index (χ2v) is 4.14. The normalized spacial score (nSPS) is 24.9. The van der Waals surface area contributed by atoms with Gasteiger partial charge in [-0.3, -0.25) is 9.59 Å². The molecule has 14 heavy (non-hydrogen) atoms. The zero-order chi connectivity index (χ0) is 10.7. The fourth-order valence-corrected chi connectivity index (χ4v) is 1.83. The van der Waals surface area contributed by atoms with Gasteiger partial charge in [-0.2, -0.15) is 0 Å². The van der Waals surface area contributed by atoms with Crippen LogP contribution in [-0.4, -0.2) is 34.5 Å². The van der Waals surface area contributed by atoms with Gasteiger partial charge >= 0.3 is 5.97 Å². The SMILES string of the molecule is CC1CCC(=O)N(C(C)CC(=O)O)C1. The minimum absolute atomic E-state index is 0.0401. The van der Waals surface area contributed by atoms with E-state index in [-0.39, 0.29) is 18.4 Å². The Bertz CT molecular complexity index is 240. The highest BCUT2D eigenvalue weighted by atomic mass is 16.4. The number of rotatable bonds is 3.